The summed E-state index contributed by atoms with van der Waals surface area (Å²) in [5.74, 6) is 0. The minimum atomic E-state index is -4.49. The molecule has 1 saturated heterocycles. The first-order chi connectivity index (χ1) is 8.28. The maximum Gasteiger partial charge on any atom is 0.422 e. The van der Waals surface area contributed by atoms with Crippen LogP contribution in [0.4, 0.5) is 18.0 Å². The van der Waals surface area contributed by atoms with Gasteiger partial charge in [-0.2, -0.15) is 13.2 Å². The van der Waals surface area contributed by atoms with Crippen LogP contribution in [-0.4, -0.2) is 75.0 Å². The molecule has 1 rings (SSSR count). The third kappa shape index (κ3) is 5.54. The van der Waals surface area contributed by atoms with E-state index in [1.54, 1.807) is 0 Å². The topological polar surface area (TPSA) is 44.8 Å². The molecule has 0 spiro atoms. The zero-order valence-corrected chi connectivity index (χ0v) is 10.5. The zero-order chi connectivity index (χ0) is 13.8. The molecular weight excluding hydrogens is 251 g/mol. The summed E-state index contributed by atoms with van der Waals surface area (Å²) >= 11 is 0. The number of rotatable bonds is 3. The molecule has 18 heavy (non-hydrogen) atoms. The van der Waals surface area contributed by atoms with Crippen molar-refractivity contribution in [2.24, 2.45) is 0 Å². The molecule has 1 aliphatic rings. The van der Waals surface area contributed by atoms with Crippen molar-refractivity contribution in [2.75, 3.05) is 46.9 Å². The SMILES string of the molecule is CN1CCN(C)C(CNC(=O)OCC(F)(F)F)C1. The Bertz CT molecular complexity index is 286. The minimum absolute atomic E-state index is 0.0854. The average molecular weight is 269 g/mol. The van der Waals surface area contributed by atoms with Crippen LogP contribution >= 0.6 is 0 Å². The summed E-state index contributed by atoms with van der Waals surface area (Å²) in [6.45, 7) is 1.28. The number of hydrogen-bond donors (Lipinski definition) is 1. The van der Waals surface area contributed by atoms with Gasteiger partial charge in [0.1, 0.15) is 0 Å². The summed E-state index contributed by atoms with van der Waals surface area (Å²) < 4.78 is 39.5. The summed E-state index contributed by atoms with van der Waals surface area (Å²) in [5.41, 5.74) is 0. The molecular formula is C10H18F3N3O2. The lowest BCUT2D eigenvalue weighted by molar-refractivity contribution is -0.160. The summed E-state index contributed by atoms with van der Waals surface area (Å²) in [6, 6.07) is 0.0854. The van der Waals surface area contributed by atoms with E-state index in [-0.39, 0.29) is 12.6 Å². The third-order valence-corrected chi connectivity index (χ3v) is 2.83. The van der Waals surface area contributed by atoms with E-state index in [0.717, 1.165) is 19.6 Å². The molecule has 8 heteroatoms. The number of halogens is 3. The standard InChI is InChI=1S/C10H18F3N3O2/c1-15-3-4-16(2)8(6-15)5-14-9(17)18-7-10(11,12)13/h8H,3-7H2,1-2H3,(H,14,17). The van der Waals surface area contributed by atoms with Crippen molar-refractivity contribution in [3.8, 4) is 0 Å². The van der Waals surface area contributed by atoms with E-state index in [1.807, 2.05) is 14.1 Å². The van der Waals surface area contributed by atoms with Gasteiger partial charge in [-0.15, -0.1) is 0 Å². The maximum atomic E-state index is 11.8. The second-order valence-corrected chi connectivity index (χ2v) is 4.47. The Morgan fingerprint density at radius 3 is 2.67 bits per heavy atom. The monoisotopic (exact) mass is 269 g/mol. The van der Waals surface area contributed by atoms with Crippen molar-refractivity contribution in [2.45, 2.75) is 12.2 Å². The molecule has 1 atom stereocenters. The quantitative estimate of drug-likeness (QED) is 0.811. The van der Waals surface area contributed by atoms with Crippen LogP contribution in [0.15, 0.2) is 0 Å². The number of piperazine rings is 1. The summed E-state index contributed by atoms with van der Waals surface area (Å²) in [4.78, 5) is 15.2. The van der Waals surface area contributed by atoms with Gasteiger partial charge >= 0.3 is 12.3 Å². The first-order valence-electron chi connectivity index (χ1n) is 5.64. The van der Waals surface area contributed by atoms with Crippen LogP contribution in [0.1, 0.15) is 0 Å². The second-order valence-electron chi connectivity index (χ2n) is 4.47. The van der Waals surface area contributed by atoms with Crippen LogP contribution in [-0.2, 0) is 4.74 Å². The number of alkyl halides is 3. The van der Waals surface area contributed by atoms with Crippen molar-refractivity contribution < 1.29 is 22.7 Å². The first kappa shape index (κ1) is 15.0. The lowest BCUT2D eigenvalue weighted by Gasteiger charge is -2.37. The Morgan fingerprint density at radius 2 is 2.06 bits per heavy atom. The van der Waals surface area contributed by atoms with Gasteiger partial charge in [0.05, 0.1) is 0 Å². The number of nitrogens with zero attached hydrogens (tertiary/aromatic N) is 2. The minimum Gasteiger partial charge on any atom is -0.440 e. The lowest BCUT2D eigenvalue weighted by atomic mass is 10.2. The van der Waals surface area contributed by atoms with Gasteiger partial charge in [-0.3, -0.25) is 4.90 Å². The predicted octanol–water partition coefficient (Wildman–Crippen LogP) is 0.521. The second kappa shape index (κ2) is 6.24. The first-order valence-corrected chi connectivity index (χ1v) is 5.64. The maximum absolute atomic E-state index is 11.8. The molecule has 0 aromatic rings. The van der Waals surface area contributed by atoms with Crippen LogP contribution in [0.5, 0.6) is 0 Å². The summed E-state index contributed by atoms with van der Waals surface area (Å²) in [7, 11) is 3.88. The highest BCUT2D eigenvalue weighted by Gasteiger charge is 2.30. The Labute approximate surface area is 104 Å². The molecule has 5 nitrogen and oxygen atoms in total. The summed E-state index contributed by atoms with van der Waals surface area (Å²) in [5, 5.41) is 2.35. The highest BCUT2D eigenvalue weighted by Crippen LogP contribution is 2.14. The number of nitrogens with one attached hydrogen (secondary N) is 1. The number of hydrogen-bond acceptors (Lipinski definition) is 4. The molecule has 1 heterocycles. The van der Waals surface area contributed by atoms with Crippen LogP contribution in [0.2, 0.25) is 0 Å². The Hall–Kier alpha value is -1.02. The van der Waals surface area contributed by atoms with Crippen molar-refractivity contribution in [1.82, 2.24) is 15.1 Å². The molecule has 0 aromatic carbocycles. The molecule has 1 unspecified atom stereocenters. The van der Waals surface area contributed by atoms with Gasteiger partial charge in [0.2, 0.25) is 0 Å². The normalized spacial score (nSPS) is 22.8. The molecule has 0 radical (unpaired) electrons. The fourth-order valence-electron chi connectivity index (χ4n) is 1.72. The van der Waals surface area contributed by atoms with E-state index in [9.17, 15) is 18.0 Å². The van der Waals surface area contributed by atoms with E-state index < -0.39 is 18.9 Å². The van der Waals surface area contributed by atoms with E-state index in [4.69, 9.17) is 0 Å². The van der Waals surface area contributed by atoms with Crippen molar-refractivity contribution in [1.29, 1.82) is 0 Å². The molecule has 106 valence electrons. The van der Waals surface area contributed by atoms with Gasteiger partial charge in [0.15, 0.2) is 6.61 Å². The fourth-order valence-corrected chi connectivity index (χ4v) is 1.72. The fraction of sp³-hybridized carbons (Fsp3) is 0.900. The molecule has 1 amide bonds. The lowest BCUT2D eigenvalue weighted by Crippen LogP contribution is -2.54. The summed E-state index contributed by atoms with van der Waals surface area (Å²) in [6.07, 6.45) is -5.52. The van der Waals surface area contributed by atoms with Gasteiger partial charge in [0, 0.05) is 32.2 Å². The van der Waals surface area contributed by atoms with Crippen LogP contribution in [0.25, 0.3) is 0 Å². The zero-order valence-electron chi connectivity index (χ0n) is 10.5. The highest BCUT2D eigenvalue weighted by molar-refractivity contribution is 5.67. The van der Waals surface area contributed by atoms with Crippen LogP contribution < -0.4 is 5.32 Å². The largest absolute Gasteiger partial charge is 0.440 e. The molecule has 1 N–H and O–H groups in total. The molecule has 0 aromatic heterocycles. The number of ether oxygens (including phenoxy) is 1. The average Bonchev–Trinajstić information content (AvgIpc) is 2.26. The predicted molar refractivity (Wildman–Crippen MR) is 59.3 cm³/mol. The van der Waals surface area contributed by atoms with Crippen molar-refractivity contribution in [3.05, 3.63) is 0 Å². The van der Waals surface area contributed by atoms with Crippen LogP contribution in [0.3, 0.4) is 0 Å². The van der Waals surface area contributed by atoms with E-state index in [0.29, 0.717) is 0 Å². The van der Waals surface area contributed by atoms with E-state index in [2.05, 4.69) is 19.9 Å². The third-order valence-electron chi connectivity index (χ3n) is 2.83. The van der Waals surface area contributed by atoms with E-state index >= 15 is 0 Å². The van der Waals surface area contributed by atoms with Gasteiger partial charge in [-0.1, -0.05) is 0 Å². The molecule has 1 fully saturated rings. The number of carbonyl (C=O) groups excluding carboxylic acids is 1. The van der Waals surface area contributed by atoms with Gasteiger partial charge < -0.3 is 15.0 Å². The number of likely N-dealkylation sites (N-methyl/N-ethyl adjacent to an activating group) is 2. The van der Waals surface area contributed by atoms with Gasteiger partial charge in [-0.05, 0) is 14.1 Å². The number of alkyl carbamates (subject to hydrolysis) is 1. The van der Waals surface area contributed by atoms with Crippen molar-refractivity contribution in [3.63, 3.8) is 0 Å². The number of carbonyl (C=O) groups is 1. The molecule has 0 bridgehead atoms. The number of amides is 1. The Balaban J connectivity index is 2.25. The van der Waals surface area contributed by atoms with Crippen molar-refractivity contribution >= 4 is 6.09 Å². The Morgan fingerprint density at radius 1 is 1.39 bits per heavy atom. The van der Waals surface area contributed by atoms with Gasteiger partial charge in [0.25, 0.3) is 0 Å². The molecule has 0 aliphatic carbocycles. The van der Waals surface area contributed by atoms with E-state index in [1.165, 1.54) is 0 Å². The molecule has 0 saturated carbocycles. The Kier molecular flexibility index (Phi) is 5.21. The van der Waals surface area contributed by atoms with Gasteiger partial charge in [-0.25, -0.2) is 4.79 Å². The van der Waals surface area contributed by atoms with Crippen LogP contribution in [0, 0.1) is 0 Å². The highest BCUT2D eigenvalue weighted by atomic mass is 19.4. The smallest absolute Gasteiger partial charge is 0.422 e. The molecule has 1 aliphatic heterocycles.